The van der Waals surface area contributed by atoms with E-state index < -0.39 is 0 Å². The average Bonchev–Trinajstić information content (AvgIpc) is 3.28. The van der Waals surface area contributed by atoms with E-state index >= 15 is 0 Å². The molecule has 0 unspecified atom stereocenters. The predicted octanol–water partition coefficient (Wildman–Crippen LogP) is 5.54. The van der Waals surface area contributed by atoms with Crippen LogP contribution in [0.2, 0.25) is 5.02 Å². The molecule has 0 bridgehead atoms. The van der Waals surface area contributed by atoms with E-state index in [-0.39, 0.29) is 12.3 Å². The number of hydrazine groups is 1. The highest BCUT2D eigenvalue weighted by atomic mass is 35.5. The maximum absolute atomic E-state index is 6.36. The summed E-state index contributed by atoms with van der Waals surface area (Å²) < 4.78 is 12.2. The lowest BCUT2D eigenvalue weighted by Gasteiger charge is -2.39. The Balaban J connectivity index is 1.60. The van der Waals surface area contributed by atoms with Gasteiger partial charge in [0.1, 0.15) is 11.5 Å². The van der Waals surface area contributed by atoms with Gasteiger partial charge in [0.15, 0.2) is 12.0 Å². The molecule has 0 aliphatic carbocycles. The number of nitrogens with zero attached hydrogens (tertiary/aromatic N) is 1. The first-order valence-electron chi connectivity index (χ1n) is 8.95. The van der Waals surface area contributed by atoms with Crippen molar-refractivity contribution < 1.29 is 9.15 Å². The molecule has 136 valence electrons. The van der Waals surface area contributed by atoms with Gasteiger partial charge >= 0.3 is 0 Å². The molecule has 3 heterocycles. The topological polar surface area (TPSA) is 37.6 Å². The van der Waals surface area contributed by atoms with Crippen molar-refractivity contribution in [3.05, 3.63) is 93.9 Å². The highest BCUT2D eigenvalue weighted by molar-refractivity contribution is 6.30. The first-order chi connectivity index (χ1) is 13.1. The van der Waals surface area contributed by atoms with Gasteiger partial charge in [-0.1, -0.05) is 41.4 Å². The van der Waals surface area contributed by atoms with Crippen LogP contribution in [0.1, 0.15) is 40.5 Å². The number of furan rings is 1. The van der Waals surface area contributed by atoms with E-state index in [1.165, 1.54) is 5.56 Å². The summed E-state index contributed by atoms with van der Waals surface area (Å²) >= 11 is 6.26. The van der Waals surface area contributed by atoms with Gasteiger partial charge < -0.3 is 14.6 Å². The zero-order valence-corrected chi connectivity index (χ0v) is 15.8. The SMILES string of the molecule is Cc1ccc([C@@H]2Oc3ccc(Cl)cc3[C@H]3C=C(c4ccc(C)o4)NN32)cc1. The number of fused-ring (bicyclic) bond motifs is 3. The van der Waals surface area contributed by atoms with Gasteiger partial charge in [-0.3, -0.25) is 0 Å². The maximum Gasteiger partial charge on any atom is 0.195 e. The molecule has 2 aromatic carbocycles. The van der Waals surface area contributed by atoms with Crippen molar-refractivity contribution in [3.8, 4) is 5.75 Å². The smallest absolute Gasteiger partial charge is 0.195 e. The number of aryl methyl sites for hydroxylation is 2. The molecule has 2 aliphatic heterocycles. The minimum Gasteiger partial charge on any atom is -0.469 e. The van der Waals surface area contributed by atoms with Crippen LogP contribution >= 0.6 is 11.6 Å². The standard InChI is InChI=1S/C22H19ClN2O2/c1-13-3-6-15(7-4-13)22-25-19(17-11-16(23)8-10-20(17)27-22)12-18(24-25)21-9-5-14(2)26-21/h3-12,19,22,24H,1-2H3/t19-,22+/m1/s1. The number of benzene rings is 2. The zero-order valence-electron chi connectivity index (χ0n) is 15.1. The molecule has 3 aromatic rings. The van der Waals surface area contributed by atoms with Crippen LogP contribution in [0.15, 0.2) is 65.1 Å². The Bertz CT molecular complexity index is 1040. The monoisotopic (exact) mass is 378 g/mol. The van der Waals surface area contributed by atoms with E-state index in [9.17, 15) is 0 Å². The fourth-order valence-corrected chi connectivity index (χ4v) is 3.82. The van der Waals surface area contributed by atoms with Crippen molar-refractivity contribution in [1.29, 1.82) is 0 Å². The summed E-state index contributed by atoms with van der Waals surface area (Å²) in [7, 11) is 0. The first kappa shape index (κ1) is 16.5. The second kappa shape index (κ2) is 6.19. The number of rotatable bonds is 2. The van der Waals surface area contributed by atoms with Crippen LogP contribution in [0, 0.1) is 13.8 Å². The molecule has 4 nitrogen and oxygen atoms in total. The molecule has 27 heavy (non-hydrogen) atoms. The van der Waals surface area contributed by atoms with Gasteiger partial charge in [-0.25, -0.2) is 0 Å². The van der Waals surface area contributed by atoms with Crippen LogP contribution in [0.3, 0.4) is 0 Å². The van der Waals surface area contributed by atoms with Gasteiger partial charge in [-0.2, -0.15) is 5.01 Å². The third-order valence-electron chi connectivity index (χ3n) is 5.02. The summed E-state index contributed by atoms with van der Waals surface area (Å²) in [6.45, 7) is 4.03. The van der Waals surface area contributed by atoms with Gasteiger partial charge in [0.2, 0.25) is 0 Å². The summed E-state index contributed by atoms with van der Waals surface area (Å²) in [6.07, 6.45) is 1.91. The molecule has 0 radical (unpaired) electrons. The Morgan fingerprint density at radius 1 is 1.00 bits per heavy atom. The summed E-state index contributed by atoms with van der Waals surface area (Å²) in [5.41, 5.74) is 7.76. The van der Waals surface area contributed by atoms with E-state index in [0.29, 0.717) is 5.02 Å². The van der Waals surface area contributed by atoms with Crippen LogP contribution in [0.4, 0.5) is 0 Å². The highest BCUT2D eigenvalue weighted by Gasteiger charge is 2.40. The largest absolute Gasteiger partial charge is 0.469 e. The Morgan fingerprint density at radius 3 is 2.56 bits per heavy atom. The van der Waals surface area contributed by atoms with Gasteiger partial charge in [-0.15, -0.1) is 0 Å². The minimum absolute atomic E-state index is 0.000779. The third-order valence-corrected chi connectivity index (χ3v) is 5.26. The van der Waals surface area contributed by atoms with Crippen LogP contribution < -0.4 is 10.2 Å². The van der Waals surface area contributed by atoms with E-state index in [1.54, 1.807) is 0 Å². The zero-order chi connectivity index (χ0) is 18.5. The Kier molecular flexibility index (Phi) is 3.78. The summed E-state index contributed by atoms with van der Waals surface area (Å²) in [5.74, 6) is 2.54. The second-order valence-corrected chi connectivity index (χ2v) is 7.45. The lowest BCUT2D eigenvalue weighted by Crippen LogP contribution is -2.43. The van der Waals surface area contributed by atoms with E-state index in [0.717, 1.165) is 34.1 Å². The predicted molar refractivity (Wildman–Crippen MR) is 105 cm³/mol. The molecule has 0 saturated heterocycles. The number of hydrogen-bond acceptors (Lipinski definition) is 4. The van der Waals surface area contributed by atoms with Crippen LogP contribution in [0.5, 0.6) is 5.75 Å². The fraction of sp³-hybridized carbons (Fsp3) is 0.182. The second-order valence-electron chi connectivity index (χ2n) is 7.02. The van der Waals surface area contributed by atoms with Crippen molar-refractivity contribution in [3.63, 3.8) is 0 Å². The molecule has 5 heteroatoms. The Morgan fingerprint density at radius 2 is 1.81 bits per heavy atom. The lowest BCUT2D eigenvalue weighted by atomic mass is 10.0. The van der Waals surface area contributed by atoms with Gasteiger partial charge in [0, 0.05) is 16.1 Å². The summed E-state index contributed by atoms with van der Waals surface area (Å²) in [4.78, 5) is 0. The van der Waals surface area contributed by atoms with E-state index in [4.69, 9.17) is 20.8 Å². The summed E-state index contributed by atoms with van der Waals surface area (Å²) in [6, 6.07) is 18.1. The lowest BCUT2D eigenvalue weighted by molar-refractivity contribution is -0.0328. The van der Waals surface area contributed by atoms with E-state index in [1.807, 2.05) is 37.3 Å². The number of nitrogens with one attached hydrogen (secondary N) is 1. The molecule has 2 aliphatic rings. The number of hydrogen-bond donors (Lipinski definition) is 1. The van der Waals surface area contributed by atoms with Crippen molar-refractivity contribution in [2.45, 2.75) is 26.1 Å². The minimum atomic E-state index is -0.255. The molecular formula is C22H19ClN2O2. The Hall–Kier alpha value is -2.69. The van der Waals surface area contributed by atoms with Crippen molar-refractivity contribution in [1.82, 2.24) is 10.4 Å². The van der Waals surface area contributed by atoms with Gasteiger partial charge in [0.05, 0.1) is 11.7 Å². The number of ether oxygens (including phenoxy) is 1. The summed E-state index contributed by atoms with van der Waals surface area (Å²) in [5, 5.41) is 2.80. The maximum atomic E-state index is 6.36. The molecule has 0 saturated carbocycles. The molecule has 0 spiro atoms. The molecule has 0 fully saturated rings. The molecule has 2 atom stereocenters. The van der Waals surface area contributed by atoms with Crippen molar-refractivity contribution in [2.75, 3.05) is 0 Å². The molecule has 1 aromatic heterocycles. The van der Waals surface area contributed by atoms with Crippen LogP contribution in [-0.2, 0) is 0 Å². The molecule has 0 amide bonds. The molecule has 5 rings (SSSR count). The molecular weight excluding hydrogens is 360 g/mol. The van der Waals surface area contributed by atoms with Crippen molar-refractivity contribution >= 4 is 17.3 Å². The highest BCUT2D eigenvalue weighted by Crippen LogP contribution is 2.46. The van der Waals surface area contributed by atoms with E-state index in [2.05, 4.69) is 47.7 Å². The van der Waals surface area contributed by atoms with Crippen LogP contribution in [-0.4, -0.2) is 5.01 Å². The normalized spacial score (nSPS) is 21.1. The first-order valence-corrected chi connectivity index (χ1v) is 9.32. The third kappa shape index (κ3) is 2.82. The fourth-order valence-electron chi connectivity index (χ4n) is 3.64. The van der Waals surface area contributed by atoms with Gasteiger partial charge in [-0.05, 0) is 50.3 Å². The number of halogens is 1. The quantitative estimate of drug-likeness (QED) is 0.635. The average molecular weight is 379 g/mol. The Labute approximate surface area is 163 Å². The van der Waals surface area contributed by atoms with Gasteiger partial charge in [0.25, 0.3) is 0 Å². The molecule has 1 N–H and O–H groups in total. The van der Waals surface area contributed by atoms with Crippen molar-refractivity contribution in [2.24, 2.45) is 0 Å². The van der Waals surface area contributed by atoms with Crippen LogP contribution in [0.25, 0.3) is 5.70 Å².